The number of fused-ring (bicyclic) bond motifs is 1. The van der Waals surface area contributed by atoms with Crippen molar-refractivity contribution in [1.29, 1.82) is 0 Å². The highest BCUT2D eigenvalue weighted by molar-refractivity contribution is 7.89. The number of nitrogens with one attached hydrogen (secondary N) is 2. The number of thiophene rings is 1. The largest absolute Gasteiger partial charge is 0.331 e. The van der Waals surface area contributed by atoms with E-state index in [4.69, 9.17) is 0 Å². The third kappa shape index (κ3) is 7.94. The summed E-state index contributed by atoms with van der Waals surface area (Å²) < 4.78 is 28.2. The summed E-state index contributed by atoms with van der Waals surface area (Å²) in [6.07, 6.45) is 0.620. The van der Waals surface area contributed by atoms with Gasteiger partial charge >= 0.3 is 6.03 Å². The Morgan fingerprint density at radius 3 is 2.05 bits per heavy atom. The predicted molar refractivity (Wildman–Crippen MR) is 163 cm³/mol. The van der Waals surface area contributed by atoms with Crippen molar-refractivity contribution in [3.8, 4) is 0 Å². The third-order valence-electron chi connectivity index (χ3n) is 6.79. The van der Waals surface area contributed by atoms with Crippen molar-refractivity contribution >= 4 is 44.2 Å². The molecule has 0 radical (unpaired) electrons. The Hall–Kier alpha value is -2.80. The molecule has 0 saturated heterocycles. The van der Waals surface area contributed by atoms with Crippen molar-refractivity contribution in [3.05, 3.63) is 45.8 Å². The van der Waals surface area contributed by atoms with E-state index in [0.29, 0.717) is 42.7 Å². The maximum atomic E-state index is 13.4. The van der Waals surface area contributed by atoms with Crippen LogP contribution in [0.25, 0.3) is 0 Å². The van der Waals surface area contributed by atoms with Crippen LogP contribution < -0.4 is 10.6 Å². The minimum atomic E-state index is -3.73. The lowest BCUT2D eigenvalue weighted by atomic mass is 10.0. The average molecular weight is 606 g/mol. The molecule has 2 N–H and O–H groups in total. The zero-order chi connectivity index (χ0) is 30.6. The third-order valence-corrected chi connectivity index (χ3v) is 9.77. The van der Waals surface area contributed by atoms with Crippen LogP contribution in [0, 0.1) is 11.8 Å². The molecule has 0 atom stereocenters. The van der Waals surface area contributed by atoms with Crippen LogP contribution in [-0.4, -0.2) is 80.1 Å². The summed E-state index contributed by atoms with van der Waals surface area (Å²) in [4.78, 5) is 43.4. The number of rotatable bonds is 10. The van der Waals surface area contributed by atoms with Crippen molar-refractivity contribution in [2.45, 2.75) is 65.4 Å². The lowest BCUT2D eigenvalue weighted by Crippen LogP contribution is -2.40. The number of sulfonamides is 1. The molecule has 2 aromatic rings. The molecule has 0 unspecified atom stereocenters. The second-order valence-electron chi connectivity index (χ2n) is 11.8. The Morgan fingerprint density at radius 2 is 1.54 bits per heavy atom. The van der Waals surface area contributed by atoms with Gasteiger partial charge in [-0.3, -0.25) is 19.8 Å². The summed E-state index contributed by atoms with van der Waals surface area (Å²) in [5.74, 6) is -0.705. The van der Waals surface area contributed by atoms with E-state index >= 15 is 0 Å². The van der Waals surface area contributed by atoms with Crippen LogP contribution in [0.2, 0.25) is 0 Å². The quantitative estimate of drug-likeness (QED) is 0.412. The number of amides is 4. The zero-order valence-electron chi connectivity index (χ0n) is 25.3. The van der Waals surface area contributed by atoms with Crippen LogP contribution >= 0.6 is 11.3 Å². The van der Waals surface area contributed by atoms with E-state index < -0.39 is 27.9 Å². The van der Waals surface area contributed by atoms with Crippen molar-refractivity contribution in [2.75, 3.05) is 39.0 Å². The van der Waals surface area contributed by atoms with Gasteiger partial charge in [0, 0.05) is 56.8 Å². The van der Waals surface area contributed by atoms with E-state index in [-0.39, 0.29) is 22.3 Å². The molecule has 0 aliphatic carbocycles. The van der Waals surface area contributed by atoms with Gasteiger partial charge < -0.3 is 10.2 Å². The highest BCUT2D eigenvalue weighted by Crippen LogP contribution is 2.38. The molecule has 0 spiro atoms. The Kier molecular flexibility index (Phi) is 10.7. The lowest BCUT2D eigenvalue weighted by molar-refractivity contribution is 0.0956. The van der Waals surface area contributed by atoms with E-state index in [2.05, 4.69) is 29.4 Å². The molecular weight excluding hydrogens is 562 g/mol. The van der Waals surface area contributed by atoms with Gasteiger partial charge in [0.1, 0.15) is 5.00 Å². The van der Waals surface area contributed by atoms with Gasteiger partial charge in [-0.15, -0.1) is 11.3 Å². The first-order valence-corrected chi connectivity index (χ1v) is 16.2. The first kappa shape index (κ1) is 32.7. The summed E-state index contributed by atoms with van der Waals surface area (Å²) in [6, 6.07) is 5.63. The van der Waals surface area contributed by atoms with E-state index in [0.717, 1.165) is 17.0 Å². The number of hydrogen-bond donors (Lipinski definition) is 2. The van der Waals surface area contributed by atoms with Crippen molar-refractivity contribution in [1.82, 2.24) is 19.4 Å². The van der Waals surface area contributed by atoms with Gasteiger partial charge in [0.2, 0.25) is 10.0 Å². The molecule has 1 aromatic carbocycles. The van der Waals surface area contributed by atoms with Gasteiger partial charge in [-0.2, -0.15) is 4.31 Å². The molecule has 41 heavy (non-hydrogen) atoms. The van der Waals surface area contributed by atoms with Crippen LogP contribution in [0.3, 0.4) is 0 Å². The highest BCUT2D eigenvalue weighted by Gasteiger charge is 2.31. The standard InChI is InChI=1S/C29H43N5O5S2/c1-18(2)15-34(16-19(3)4)41(38,39)22-11-9-21(10-12-22)26(35)30-28-25(27(36)31-29(37)32(7)8)23-13-14-33(20(5)6)17-24(23)40-28/h9-12,18-20H,13-17H2,1-8H3,(H,30,35)(H,31,36,37). The summed E-state index contributed by atoms with van der Waals surface area (Å²) in [7, 11) is -0.643. The van der Waals surface area contributed by atoms with Crippen LogP contribution in [0.15, 0.2) is 29.2 Å². The fourth-order valence-electron chi connectivity index (χ4n) is 4.65. The number of carbonyl (C=O) groups is 3. The lowest BCUT2D eigenvalue weighted by Gasteiger charge is -2.30. The Labute approximate surface area is 248 Å². The van der Waals surface area contributed by atoms with Gasteiger partial charge in [0.25, 0.3) is 11.8 Å². The SMILES string of the molecule is CC(C)CN(CC(C)C)S(=O)(=O)c1ccc(C(=O)Nc2sc3c(c2C(=O)NC(=O)N(C)C)CCN(C(C)C)C3)cc1. The second kappa shape index (κ2) is 13.5. The fourth-order valence-corrected chi connectivity index (χ4v) is 7.68. The van der Waals surface area contributed by atoms with Gasteiger partial charge in [-0.1, -0.05) is 27.7 Å². The van der Waals surface area contributed by atoms with Crippen molar-refractivity contribution in [3.63, 3.8) is 0 Å². The van der Waals surface area contributed by atoms with Crippen LogP contribution in [0.1, 0.15) is 72.7 Å². The van der Waals surface area contributed by atoms with Crippen molar-refractivity contribution < 1.29 is 22.8 Å². The number of anilines is 1. The second-order valence-corrected chi connectivity index (χ2v) is 14.8. The smallest absolute Gasteiger partial charge is 0.323 e. The van der Waals surface area contributed by atoms with Gasteiger partial charge in [0.05, 0.1) is 10.5 Å². The zero-order valence-corrected chi connectivity index (χ0v) is 26.9. The summed E-state index contributed by atoms with van der Waals surface area (Å²) in [5, 5.41) is 5.63. The van der Waals surface area contributed by atoms with Gasteiger partial charge in [-0.25, -0.2) is 13.2 Å². The minimum Gasteiger partial charge on any atom is -0.331 e. The van der Waals surface area contributed by atoms with Crippen LogP contribution in [0.4, 0.5) is 9.80 Å². The van der Waals surface area contributed by atoms with Crippen molar-refractivity contribution in [2.24, 2.45) is 11.8 Å². The number of imide groups is 1. The monoisotopic (exact) mass is 605 g/mol. The molecule has 226 valence electrons. The molecule has 10 nitrogen and oxygen atoms in total. The summed E-state index contributed by atoms with van der Waals surface area (Å²) in [5.41, 5.74) is 1.39. The molecule has 0 saturated carbocycles. The fraction of sp³-hybridized carbons (Fsp3) is 0.552. The predicted octanol–water partition coefficient (Wildman–Crippen LogP) is 4.48. The van der Waals surface area contributed by atoms with Crippen LogP contribution in [0.5, 0.6) is 0 Å². The van der Waals surface area contributed by atoms with E-state index in [1.165, 1.54) is 44.8 Å². The molecule has 12 heteroatoms. The Morgan fingerprint density at radius 1 is 0.951 bits per heavy atom. The average Bonchev–Trinajstić information content (AvgIpc) is 3.24. The molecule has 1 aliphatic heterocycles. The first-order valence-electron chi connectivity index (χ1n) is 13.9. The maximum absolute atomic E-state index is 13.4. The van der Waals surface area contributed by atoms with Crippen LogP contribution in [-0.2, 0) is 23.0 Å². The maximum Gasteiger partial charge on any atom is 0.323 e. The van der Waals surface area contributed by atoms with Gasteiger partial charge in [-0.05, 0) is 61.9 Å². The Balaban J connectivity index is 1.89. The highest BCUT2D eigenvalue weighted by atomic mass is 32.2. The molecule has 4 amide bonds. The van der Waals surface area contributed by atoms with Gasteiger partial charge in [0.15, 0.2) is 0 Å². The molecule has 0 fully saturated rings. The molecule has 1 aliphatic rings. The minimum absolute atomic E-state index is 0.123. The number of hydrogen-bond acceptors (Lipinski definition) is 7. The number of nitrogens with zero attached hydrogens (tertiary/aromatic N) is 3. The van der Waals surface area contributed by atoms with E-state index in [9.17, 15) is 22.8 Å². The Bertz CT molecular complexity index is 1350. The molecule has 1 aromatic heterocycles. The number of urea groups is 1. The summed E-state index contributed by atoms with van der Waals surface area (Å²) >= 11 is 1.33. The number of benzene rings is 1. The van der Waals surface area contributed by atoms with E-state index in [1.54, 1.807) is 14.1 Å². The molecule has 0 bridgehead atoms. The number of carbonyl (C=O) groups excluding carboxylic acids is 3. The molecular formula is C29H43N5O5S2. The first-order chi connectivity index (χ1) is 19.1. The topological polar surface area (TPSA) is 119 Å². The molecule has 2 heterocycles. The normalized spacial score (nSPS) is 14.0. The van der Waals surface area contributed by atoms with E-state index in [1.807, 2.05) is 27.7 Å². The summed E-state index contributed by atoms with van der Waals surface area (Å²) in [6.45, 7) is 14.3. The molecule has 3 rings (SSSR count).